The van der Waals surface area contributed by atoms with Crippen LogP contribution in [0.15, 0.2) is 59.4 Å². The van der Waals surface area contributed by atoms with Gasteiger partial charge in [0.2, 0.25) is 5.91 Å². The number of aromatic amines is 1. The Morgan fingerprint density at radius 3 is 2.71 bits per heavy atom. The summed E-state index contributed by atoms with van der Waals surface area (Å²) in [7, 11) is 1.69. The molecule has 2 aromatic carbocycles. The second kappa shape index (κ2) is 8.99. The van der Waals surface area contributed by atoms with Gasteiger partial charge in [0.1, 0.15) is 5.82 Å². The lowest BCUT2D eigenvalue weighted by Gasteiger charge is -2.33. The summed E-state index contributed by atoms with van der Waals surface area (Å²) in [5, 5.41) is 3.40. The summed E-state index contributed by atoms with van der Waals surface area (Å²) in [6, 6.07) is 16.2. The van der Waals surface area contributed by atoms with Gasteiger partial charge < -0.3 is 20.1 Å². The van der Waals surface area contributed by atoms with E-state index < -0.39 is 0 Å². The molecule has 1 fully saturated rings. The van der Waals surface area contributed by atoms with Crippen molar-refractivity contribution in [2.45, 2.75) is 19.4 Å². The topological polar surface area (TPSA) is 98.4 Å². The van der Waals surface area contributed by atoms with Gasteiger partial charge in [-0.25, -0.2) is 9.78 Å². The first-order valence-electron chi connectivity index (χ1n) is 10.3. The molecule has 2 N–H and O–H groups in total. The normalized spacial score (nSPS) is 16.2. The maximum absolute atomic E-state index is 13.0. The van der Waals surface area contributed by atoms with Crippen molar-refractivity contribution in [3.05, 3.63) is 70.8 Å². The molecule has 0 saturated carbocycles. The van der Waals surface area contributed by atoms with Crippen molar-refractivity contribution in [1.29, 1.82) is 0 Å². The molecule has 4 rings (SSSR count). The first-order chi connectivity index (χ1) is 15.0. The van der Waals surface area contributed by atoms with Crippen molar-refractivity contribution in [2.24, 2.45) is 5.92 Å². The van der Waals surface area contributed by atoms with Crippen LogP contribution in [0.5, 0.6) is 0 Å². The third-order valence-electron chi connectivity index (χ3n) is 5.51. The summed E-state index contributed by atoms with van der Waals surface area (Å²) in [6.45, 7) is 1.18. The number of hydrogen-bond acceptors (Lipinski definition) is 4. The van der Waals surface area contributed by atoms with Crippen LogP contribution in [-0.2, 0) is 11.3 Å². The zero-order valence-electron chi connectivity index (χ0n) is 17.4. The summed E-state index contributed by atoms with van der Waals surface area (Å²) >= 11 is 0. The molecule has 0 bridgehead atoms. The van der Waals surface area contributed by atoms with Crippen LogP contribution in [-0.4, -0.2) is 51.8 Å². The van der Waals surface area contributed by atoms with Crippen molar-refractivity contribution < 1.29 is 9.59 Å². The third-order valence-corrected chi connectivity index (χ3v) is 5.51. The Labute approximate surface area is 179 Å². The van der Waals surface area contributed by atoms with Crippen LogP contribution in [0.2, 0.25) is 0 Å². The quantitative estimate of drug-likeness (QED) is 0.679. The lowest BCUT2D eigenvalue weighted by molar-refractivity contribution is -0.136. The van der Waals surface area contributed by atoms with Crippen LogP contribution in [0.1, 0.15) is 18.7 Å². The van der Waals surface area contributed by atoms with E-state index in [-0.39, 0.29) is 30.0 Å². The minimum Gasteiger partial charge on any atom is -0.338 e. The monoisotopic (exact) mass is 419 g/mol. The number of hydrogen-bond donors (Lipinski definition) is 2. The summed E-state index contributed by atoms with van der Waals surface area (Å²) in [6.07, 6.45) is 1.48. The standard InChI is InChI=1S/C23H25N5O3/c1-27(15-20-25-19-12-6-5-11-18(19)21(29)26-20)22(30)16-8-7-13-28(14-16)23(31)24-17-9-3-2-4-10-17/h2-6,9-12,16H,7-8,13-15H2,1H3,(H,24,31)(H,25,26,29)/t16-/m0/s1. The predicted molar refractivity (Wildman–Crippen MR) is 119 cm³/mol. The fraction of sp³-hybridized carbons (Fsp3) is 0.304. The number of anilines is 1. The van der Waals surface area contributed by atoms with E-state index >= 15 is 0 Å². The highest BCUT2D eigenvalue weighted by Crippen LogP contribution is 2.20. The maximum Gasteiger partial charge on any atom is 0.321 e. The summed E-state index contributed by atoms with van der Waals surface area (Å²) in [5.74, 6) is 0.0921. The molecule has 3 amide bonds. The van der Waals surface area contributed by atoms with Gasteiger partial charge in [0.25, 0.3) is 5.56 Å². The molecule has 1 aliphatic rings. The van der Waals surface area contributed by atoms with Gasteiger partial charge in [-0.2, -0.15) is 0 Å². The fourth-order valence-electron chi connectivity index (χ4n) is 3.91. The average molecular weight is 419 g/mol. The summed E-state index contributed by atoms with van der Waals surface area (Å²) < 4.78 is 0. The molecule has 0 unspecified atom stereocenters. The molecular weight excluding hydrogens is 394 g/mol. The van der Waals surface area contributed by atoms with Crippen molar-refractivity contribution in [2.75, 3.05) is 25.5 Å². The zero-order chi connectivity index (χ0) is 21.8. The molecule has 1 saturated heterocycles. The molecule has 2 heterocycles. The smallest absolute Gasteiger partial charge is 0.321 e. The lowest BCUT2D eigenvalue weighted by Crippen LogP contribution is -2.47. The first-order valence-corrected chi connectivity index (χ1v) is 10.3. The van der Waals surface area contributed by atoms with Crippen molar-refractivity contribution in [3.8, 4) is 0 Å². The van der Waals surface area contributed by atoms with Gasteiger partial charge in [0, 0.05) is 25.8 Å². The second-order valence-corrected chi connectivity index (χ2v) is 7.81. The van der Waals surface area contributed by atoms with Gasteiger partial charge in [-0.05, 0) is 37.1 Å². The minimum absolute atomic E-state index is 0.0620. The van der Waals surface area contributed by atoms with E-state index in [1.807, 2.05) is 36.4 Å². The average Bonchev–Trinajstić information content (AvgIpc) is 2.79. The number of carbonyl (C=O) groups is 2. The van der Waals surface area contributed by atoms with E-state index in [2.05, 4.69) is 15.3 Å². The van der Waals surface area contributed by atoms with Crippen molar-refractivity contribution in [3.63, 3.8) is 0 Å². The molecule has 0 spiro atoms. The van der Waals surface area contributed by atoms with Crippen molar-refractivity contribution >= 4 is 28.5 Å². The number of amides is 3. The SMILES string of the molecule is CN(Cc1nc2ccccc2c(=O)[nH]1)C(=O)[C@H]1CCCN(C(=O)Nc2ccccc2)C1. The maximum atomic E-state index is 13.0. The van der Waals surface area contributed by atoms with Crippen LogP contribution in [0.25, 0.3) is 10.9 Å². The van der Waals surface area contributed by atoms with Crippen LogP contribution < -0.4 is 10.9 Å². The summed E-state index contributed by atoms with van der Waals surface area (Å²) in [4.78, 5) is 48.4. The Bertz CT molecular complexity index is 1140. The van der Waals surface area contributed by atoms with Crippen LogP contribution in [0, 0.1) is 5.92 Å². The molecule has 160 valence electrons. The Morgan fingerprint density at radius 2 is 1.90 bits per heavy atom. The Kier molecular flexibility index (Phi) is 5.97. The van der Waals surface area contributed by atoms with Gasteiger partial charge in [0.05, 0.1) is 23.4 Å². The van der Waals surface area contributed by atoms with E-state index in [0.29, 0.717) is 29.8 Å². The van der Waals surface area contributed by atoms with Crippen LogP contribution in [0.3, 0.4) is 0 Å². The summed E-state index contributed by atoms with van der Waals surface area (Å²) in [5.41, 5.74) is 1.11. The number of aromatic nitrogens is 2. The highest BCUT2D eigenvalue weighted by molar-refractivity contribution is 5.90. The number of likely N-dealkylation sites (tertiary alicyclic amines) is 1. The number of fused-ring (bicyclic) bond motifs is 1. The van der Waals surface area contributed by atoms with E-state index in [9.17, 15) is 14.4 Å². The number of carbonyl (C=O) groups excluding carboxylic acids is 2. The highest BCUT2D eigenvalue weighted by Gasteiger charge is 2.30. The van der Waals surface area contributed by atoms with E-state index in [1.54, 1.807) is 35.0 Å². The number of benzene rings is 2. The van der Waals surface area contributed by atoms with E-state index in [1.165, 1.54) is 0 Å². The van der Waals surface area contributed by atoms with Crippen LogP contribution in [0.4, 0.5) is 10.5 Å². The van der Waals surface area contributed by atoms with Gasteiger partial charge in [0.15, 0.2) is 0 Å². The molecule has 1 aliphatic heterocycles. The number of H-pyrrole nitrogens is 1. The van der Waals surface area contributed by atoms with Gasteiger partial charge in [-0.1, -0.05) is 30.3 Å². The predicted octanol–water partition coefficient (Wildman–Crippen LogP) is 2.83. The molecule has 0 radical (unpaired) electrons. The largest absolute Gasteiger partial charge is 0.338 e. The Hall–Kier alpha value is -3.68. The van der Waals surface area contributed by atoms with Gasteiger partial charge >= 0.3 is 6.03 Å². The van der Waals surface area contributed by atoms with E-state index in [4.69, 9.17) is 0 Å². The number of rotatable bonds is 4. The number of nitrogens with one attached hydrogen (secondary N) is 2. The molecule has 31 heavy (non-hydrogen) atoms. The molecule has 3 aromatic rings. The third kappa shape index (κ3) is 4.74. The second-order valence-electron chi connectivity index (χ2n) is 7.81. The molecular formula is C23H25N5O3. The molecule has 1 atom stereocenters. The zero-order valence-corrected chi connectivity index (χ0v) is 17.4. The number of nitrogens with zero attached hydrogens (tertiary/aromatic N) is 3. The molecule has 8 heteroatoms. The van der Waals surface area contributed by atoms with Crippen LogP contribution >= 0.6 is 0 Å². The van der Waals surface area contributed by atoms with Gasteiger partial charge in [-0.15, -0.1) is 0 Å². The number of para-hydroxylation sites is 2. The van der Waals surface area contributed by atoms with Crippen molar-refractivity contribution in [1.82, 2.24) is 19.8 Å². The molecule has 8 nitrogen and oxygen atoms in total. The Balaban J connectivity index is 1.40. The molecule has 1 aromatic heterocycles. The number of piperidine rings is 1. The fourth-order valence-corrected chi connectivity index (χ4v) is 3.91. The lowest BCUT2D eigenvalue weighted by atomic mass is 9.97. The molecule has 0 aliphatic carbocycles. The highest BCUT2D eigenvalue weighted by atomic mass is 16.2. The van der Waals surface area contributed by atoms with Gasteiger partial charge in [-0.3, -0.25) is 9.59 Å². The minimum atomic E-state index is -0.285. The Morgan fingerprint density at radius 1 is 1.16 bits per heavy atom. The number of urea groups is 1. The first kappa shape index (κ1) is 20.6. The van der Waals surface area contributed by atoms with E-state index in [0.717, 1.165) is 18.5 Å².